The van der Waals surface area contributed by atoms with Crippen molar-refractivity contribution in [1.82, 2.24) is 5.32 Å². The molecule has 1 aliphatic rings. The lowest BCUT2D eigenvalue weighted by Gasteiger charge is -2.54. The molecule has 1 fully saturated rings. The molecule has 0 bridgehead atoms. The van der Waals surface area contributed by atoms with Crippen LogP contribution in [0, 0.1) is 5.41 Å². The Labute approximate surface area is 101 Å². The monoisotopic (exact) mass is 227 g/mol. The highest BCUT2D eigenvalue weighted by Gasteiger charge is 2.51. The first kappa shape index (κ1) is 14.0. The summed E-state index contributed by atoms with van der Waals surface area (Å²) in [4.78, 5) is 0. The highest BCUT2D eigenvalue weighted by Crippen LogP contribution is 2.46. The van der Waals surface area contributed by atoms with Gasteiger partial charge in [0.25, 0.3) is 0 Å². The lowest BCUT2D eigenvalue weighted by molar-refractivity contribution is -0.153. The molecule has 4 atom stereocenters. The summed E-state index contributed by atoms with van der Waals surface area (Å²) in [5.74, 6) is 0. The summed E-state index contributed by atoms with van der Waals surface area (Å²) in [6, 6.07) is 0.659. The Morgan fingerprint density at radius 2 is 2.06 bits per heavy atom. The van der Waals surface area contributed by atoms with Gasteiger partial charge in [0.05, 0.1) is 12.2 Å². The zero-order valence-corrected chi connectivity index (χ0v) is 11.7. The van der Waals surface area contributed by atoms with Crippen LogP contribution in [0.15, 0.2) is 0 Å². The van der Waals surface area contributed by atoms with Crippen molar-refractivity contribution < 1.29 is 4.74 Å². The van der Waals surface area contributed by atoms with Crippen LogP contribution in [-0.2, 0) is 4.74 Å². The SMILES string of the molecule is CCCNC1CC(OC(C)CC)C1(C)CC. The second kappa shape index (κ2) is 6.02. The molecule has 0 heterocycles. The van der Waals surface area contributed by atoms with Gasteiger partial charge in [-0.15, -0.1) is 0 Å². The van der Waals surface area contributed by atoms with Crippen molar-refractivity contribution in [3.05, 3.63) is 0 Å². The number of hydrogen-bond donors (Lipinski definition) is 1. The minimum absolute atomic E-state index is 0.346. The molecule has 0 spiro atoms. The minimum atomic E-state index is 0.346. The van der Waals surface area contributed by atoms with E-state index >= 15 is 0 Å². The van der Waals surface area contributed by atoms with Crippen LogP contribution in [0.4, 0.5) is 0 Å². The average molecular weight is 227 g/mol. The first-order chi connectivity index (χ1) is 7.58. The van der Waals surface area contributed by atoms with Gasteiger partial charge in [-0.3, -0.25) is 0 Å². The Balaban J connectivity index is 2.45. The molecule has 2 nitrogen and oxygen atoms in total. The van der Waals surface area contributed by atoms with Crippen molar-refractivity contribution in [2.24, 2.45) is 5.41 Å². The van der Waals surface area contributed by atoms with Crippen LogP contribution < -0.4 is 5.32 Å². The number of rotatable bonds is 7. The molecule has 1 rings (SSSR count). The predicted octanol–water partition coefficient (Wildman–Crippen LogP) is 3.36. The topological polar surface area (TPSA) is 21.3 Å². The van der Waals surface area contributed by atoms with Crippen molar-refractivity contribution in [2.45, 2.75) is 78.6 Å². The summed E-state index contributed by atoms with van der Waals surface area (Å²) in [5, 5.41) is 3.65. The minimum Gasteiger partial charge on any atom is -0.375 e. The van der Waals surface area contributed by atoms with Gasteiger partial charge in [-0.05, 0) is 39.2 Å². The quantitative estimate of drug-likeness (QED) is 0.720. The summed E-state index contributed by atoms with van der Waals surface area (Å²) in [6.45, 7) is 12.4. The fourth-order valence-corrected chi connectivity index (χ4v) is 2.51. The van der Waals surface area contributed by atoms with Gasteiger partial charge in [-0.2, -0.15) is 0 Å². The third kappa shape index (κ3) is 2.78. The molecule has 0 aliphatic heterocycles. The Hall–Kier alpha value is -0.0800. The maximum absolute atomic E-state index is 6.11. The van der Waals surface area contributed by atoms with E-state index < -0.39 is 0 Å². The Morgan fingerprint density at radius 1 is 1.38 bits per heavy atom. The van der Waals surface area contributed by atoms with Crippen LogP contribution in [0.5, 0.6) is 0 Å². The number of hydrogen-bond acceptors (Lipinski definition) is 2. The first-order valence-electron chi connectivity index (χ1n) is 6.97. The molecule has 4 unspecified atom stereocenters. The maximum atomic E-state index is 6.11. The fourth-order valence-electron chi connectivity index (χ4n) is 2.51. The first-order valence-corrected chi connectivity index (χ1v) is 6.97. The van der Waals surface area contributed by atoms with E-state index in [1.807, 2.05) is 0 Å². The van der Waals surface area contributed by atoms with E-state index in [1.165, 1.54) is 19.3 Å². The van der Waals surface area contributed by atoms with Gasteiger partial charge < -0.3 is 10.1 Å². The van der Waals surface area contributed by atoms with Crippen LogP contribution in [-0.4, -0.2) is 24.8 Å². The van der Waals surface area contributed by atoms with Crippen molar-refractivity contribution >= 4 is 0 Å². The molecule has 96 valence electrons. The summed E-state index contributed by atoms with van der Waals surface area (Å²) >= 11 is 0. The van der Waals surface area contributed by atoms with Gasteiger partial charge >= 0.3 is 0 Å². The van der Waals surface area contributed by atoms with Crippen LogP contribution in [0.3, 0.4) is 0 Å². The molecular formula is C14H29NO. The molecule has 0 aromatic carbocycles. The lowest BCUT2D eigenvalue weighted by Crippen LogP contribution is -2.62. The highest BCUT2D eigenvalue weighted by molar-refractivity contribution is 5.04. The van der Waals surface area contributed by atoms with Crippen LogP contribution in [0.2, 0.25) is 0 Å². The number of ether oxygens (including phenoxy) is 1. The van der Waals surface area contributed by atoms with Crippen molar-refractivity contribution in [2.75, 3.05) is 6.54 Å². The summed E-state index contributed by atoms with van der Waals surface area (Å²) in [6.07, 6.45) is 5.59. The van der Waals surface area contributed by atoms with E-state index in [1.54, 1.807) is 0 Å². The van der Waals surface area contributed by atoms with Crippen molar-refractivity contribution in [3.63, 3.8) is 0 Å². The van der Waals surface area contributed by atoms with Gasteiger partial charge in [0.2, 0.25) is 0 Å². The fraction of sp³-hybridized carbons (Fsp3) is 1.00. The molecule has 1 saturated carbocycles. The molecule has 1 aliphatic carbocycles. The molecule has 0 aromatic heterocycles. The molecule has 2 heteroatoms. The van der Waals surface area contributed by atoms with Crippen LogP contribution >= 0.6 is 0 Å². The lowest BCUT2D eigenvalue weighted by atomic mass is 9.61. The van der Waals surface area contributed by atoms with E-state index in [-0.39, 0.29) is 0 Å². The molecule has 16 heavy (non-hydrogen) atoms. The van der Waals surface area contributed by atoms with Gasteiger partial charge in [0, 0.05) is 11.5 Å². The van der Waals surface area contributed by atoms with Crippen LogP contribution in [0.25, 0.3) is 0 Å². The smallest absolute Gasteiger partial charge is 0.0662 e. The van der Waals surface area contributed by atoms with E-state index in [9.17, 15) is 0 Å². The molecule has 0 saturated heterocycles. The molecule has 1 N–H and O–H groups in total. The van der Waals surface area contributed by atoms with Crippen LogP contribution in [0.1, 0.15) is 60.3 Å². The maximum Gasteiger partial charge on any atom is 0.0662 e. The van der Waals surface area contributed by atoms with E-state index in [0.29, 0.717) is 23.7 Å². The van der Waals surface area contributed by atoms with E-state index in [2.05, 4.69) is 39.9 Å². The standard InChI is InChI=1S/C14H29NO/c1-6-9-15-12-10-13(14(12,5)8-3)16-11(4)7-2/h11-13,15H,6-10H2,1-5H3. The third-order valence-corrected chi connectivity index (χ3v) is 4.36. The Bertz CT molecular complexity index is 207. The van der Waals surface area contributed by atoms with Gasteiger partial charge in [0.1, 0.15) is 0 Å². The molecule has 0 aromatic rings. The van der Waals surface area contributed by atoms with Crippen molar-refractivity contribution in [1.29, 1.82) is 0 Å². The highest BCUT2D eigenvalue weighted by atomic mass is 16.5. The zero-order chi connectivity index (χ0) is 12.2. The Morgan fingerprint density at radius 3 is 2.56 bits per heavy atom. The van der Waals surface area contributed by atoms with E-state index in [0.717, 1.165) is 13.0 Å². The predicted molar refractivity (Wildman–Crippen MR) is 69.7 cm³/mol. The summed E-state index contributed by atoms with van der Waals surface area (Å²) in [7, 11) is 0. The largest absolute Gasteiger partial charge is 0.375 e. The molecular weight excluding hydrogens is 198 g/mol. The summed E-state index contributed by atoms with van der Waals surface area (Å²) < 4.78 is 6.11. The Kier molecular flexibility index (Phi) is 5.26. The van der Waals surface area contributed by atoms with Gasteiger partial charge in [-0.1, -0.05) is 27.7 Å². The van der Waals surface area contributed by atoms with Gasteiger partial charge in [-0.25, -0.2) is 0 Å². The zero-order valence-electron chi connectivity index (χ0n) is 11.7. The van der Waals surface area contributed by atoms with E-state index in [4.69, 9.17) is 4.74 Å². The molecule has 0 amide bonds. The molecule has 0 radical (unpaired) electrons. The summed E-state index contributed by atoms with van der Waals surface area (Å²) in [5.41, 5.74) is 0.346. The second-order valence-electron chi connectivity index (χ2n) is 5.45. The average Bonchev–Trinajstić information content (AvgIpc) is 2.31. The normalized spacial score (nSPS) is 35.8. The van der Waals surface area contributed by atoms with Crippen molar-refractivity contribution in [3.8, 4) is 0 Å². The van der Waals surface area contributed by atoms with Gasteiger partial charge in [0.15, 0.2) is 0 Å². The number of nitrogens with one attached hydrogen (secondary N) is 1. The second-order valence-corrected chi connectivity index (χ2v) is 5.45. The third-order valence-electron chi connectivity index (χ3n) is 4.36.